The first-order valence-electron chi connectivity index (χ1n) is 8.56. The van der Waals surface area contributed by atoms with Crippen molar-refractivity contribution in [3.05, 3.63) is 66.2 Å². The van der Waals surface area contributed by atoms with Crippen LogP contribution in [0.4, 0.5) is 0 Å². The Bertz CT molecular complexity index is 1030. The Morgan fingerprint density at radius 1 is 0.931 bits per heavy atom. The summed E-state index contributed by atoms with van der Waals surface area (Å²) in [6.07, 6.45) is 0. The average molecular weight is 412 g/mol. The summed E-state index contributed by atoms with van der Waals surface area (Å²) in [6.45, 7) is 0.143. The van der Waals surface area contributed by atoms with Gasteiger partial charge in [0.25, 0.3) is 0 Å². The van der Waals surface area contributed by atoms with Gasteiger partial charge in [0.2, 0.25) is 6.79 Å². The third-order valence-electron chi connectivity index (χ3n) is 4.00. The fourth-order valence-electron chi connectivity index (χ4n) is 2.75. The second-order valence-electron chi connectivity index (χ2n) is 5.88. The molecule has 29 heavy (non-hydrogen) atoms. The summed E-state index contributed by atoms with van der Waals surface area (Å²) >= 11 is 1.22. The molecule has 0 spiro atoms. The molecule has 1 aliphatic rings. The molecule has 0 saturated heterocycles. The maximum Gasteiger partial charge on any atom is 0.343 e. The number of rotatable bonds is 7. The quantitative estimate of drug-likeness (QED) is 0.520. The molecule has 0 radical (unpaired) electrons. The molecule has 3 aromatic carbocycles. The SMILES string of the molecule is COSc1ccc(Oc2cccc(Oc3ccc4c(c3)OCO4)c2C(=O)O)cc1. The summed E-state index contributed by atoms with van der Waals surface area (Å²) in [4.78, 5) is 12.8. The van der Waals surface area contributed by atoms with Crippen LogP contribution in [-0.2, 0) is 4.18 Å². The fourth-order valence-corrected chi connectivity index (χ4v) is 3.19. The van der Waals surface area contributed by atoms with Crippen molar-refractivity contribution in [3.63, 3.8) is 0 Å². The highest BCUT2D eigenvalue weighted by atomic mass is 32.2. The van der Waals surface area contributed by atoms with E-state index < -0.39 is 5.97 Å². The summed E-state index contributed by atoms with van der Waals surface area (Å²) in [5, 5.41) is 9.75. The van der Waals surface area contributed by atoms with Crippen molar-refractivity contribution in [1.82, 2.24) is 0 Å². The smallest absolute Gasteiger partial charge is 0.343 e. The Kier molecular flexibility index (Phi) is 5.46. The van der Waals surface area contributed by atoms with Crippen LogP contribution in [0, 0.1) is 0 Å². The van der Waals surface area contributed by atoms with Crippen molar-refractivity contribution in [2.45, 2.75) is 4.90 Å². The third kappa shape index (κ3) is 4.23. The molecule has 0 aromatic heterocycles. The van der Waals surface area contributed by atoms with E-state index >= 15 is 0 Å². The minimum atomic E-state index is -1.16. The third-order valence-corrected chi connectivity index (χ3v) is 4.64. The topological polar surface area (TPSA) is 83.5 Å². The molecule has 0 atom stereocenters. The molecule has 0 unspecified atom stereocenters. The van der Waals surface area contributed by atoms with Crippen LogP contribution in [0.25, 0.3) is 0 Å². The Morgan fingerprint density at radius 3 is 2.28 bits per heavy atom. The predicted molar refractivity (Wildman–Crippen MR) is 105 cm³/mol. The first kappa shape index (κ1) is 19.0. The van der Waals surface area contributed by atoms with Crippen molar-refractivity contribution in [2.24, 2.45) is 0 Å². The number of carboxylic acids is 1. The van der Waals surface area contributed by atoms with Crippen molar-refractivity contribution < 1.29 is 33.0 Å². The van der Waals surface area contributed by atoms with Crippen LogP contribution in [-0.4, -0.2) is 25.0 Å². The van der Waals surface area contributed by atoms with Gasteiger partial charge in [-0.25, -0.2) is 4.79 Å². The second-order valence-corrected chi connectivity index (χ2v) is 6.85. The maximum atomic E-state index is 11.9. The fraction of sp³-hybridized carbons (Fsp3) is 0.0952. The molecular formula is C21H16O7S. The lowest BCUT2D eigenvalue weighted by Crippen LogP contribution is -2.03. The number of benzene rings is 3. The molecule has 0 bridgehead atoms. The van der Waals surface area contributed by atoms with E-state index in [0.717, 1.165) is 4.90 Å². The number of hydrogen-bond acceptors (Lipinski definition) is 7. The van der Waals surface area contributed by atoms with E-state index in [1.54, 1.807) is 55.6 Å². The molecule has 1 heterocycles. The zero-order valence-corrected chi connectivity index (χ0v) is 16.1. The normalized spacial score (nSPS) is 11.9. The van der Waals surface area contributed by atoms with Gasteiger partial charge in [-0.1, -0.05) is 6.07 Å². The van der Waals surface area contributed by atoms with E-state index in [-0.39, 0.29) is 23.9 Å². The van der Waals surface area contributed by atoms with Crippen molar-refractivity contribution in [3.8, 4) is 34.5 Å². The van der Waals surface area contributed by atoms with Gasteiger partial charge in [0.15, 0.2) is 11.5 Å². The van der Waals surface area contributed by atoms with Gasteiger partial charge in [0, 0.05) is 23.0 Å². The summed E-state index contributed by atoms with van der Waals surface area (Å²) < 4.78 is 27.2. The first-order valence-corrected chi connectivity index (χ1v) is 9.30. The summed E-state index contributed by atoms with van der Waals surface area (Å²) in [5.41, 5.74) is -0.0829. The number of carbonyl (C=O) groups is 1. The van der Waals surface area contributed by atoms with Crippen molar-refractivity contribution in [2.75, 3.05) is 13.9 Å². The van der Waals surface area contributed by atoms with E-state index in [9.17, 15) is 9.90 Å². The highest BCUT2D eigenvalue weighted by molar-refractivity contribution is 7.94. The number of carboxylic acid groups (broad SMARTS) is 1. The van der Waals surface area contributed by atoms with Crippen LogP contribution in [0.5, 0.6) is 34.5 Å². The molecule has 1 N–H and O–H groups in total. The van der Waals surface area contributed by atoms with Crippen LogP contribution >= 0.6 is 12.0 Å². The van der Waals surface area contributed by atoms with Gasteiger partial charge in [-0.15, -0.1) is 0 Å². The Morgan fingerprint density at radius 2 is 1.59 bits per heavy atom. The van der Waals surface area contributed by atoms with Crippen LogP contribution < -0.4 is 18.9 Å². The highest BCUT2D eigenvalue weighted by Gasteiger charge is 2.21. The lowest BCUT2D eigenvalue weighted by Gasteiger charge is -2.14. The lowest BCUT2D eigenvalue weighted by atomic mass is 10.1. The number of fused-ring (bicyclic) bond motifs is 1. The van der Waals surface area contributed by atoms with Crippen LogP contribution in [0.2, 0.25) is 0 Å². The zero-order valence-electron chi connectivity index (χ0n) is 15.3. The molecule has 4 rings (SSSR count). The molecule has 8 heteroatoms. The largest absolute Gasteiger partial charge is 0.477 e. The molecule has 0 saturated carbocycles. The molecule has 0 aliphatic carbocycles. The van der Waals surface area contributed by atoms with Crippen LogP contribution in [0.3, 0.4) is 0 Å². The molecule has 148 valence electrons. The van der Waals surface area contributed by atoms with Crippen molar-refractivity contribution in [1.29, 1.82) is 0 Å². The van der Waals surface area contributed by atoms with E-state index in [1.165, 1.54) is 12.0 Å². The number of hydrogen-bond donors (Lipinski definition) is 1. The monoisotopic (exact) mass is 412 g/mol. The number of ether oxygens (including phenoxy) is 4. The second kappa shape index (κ2) is 8.34. The Labute approximate surface area is 170 Å². The van der Waals surface area contributed by atoms with Gasteiger partial charge < -0.3 is 28.2 Å². The summed E-state index contributed by atoms with van der Waals surface area (Å²) in [6, 6.07) is 16.9. The molecule has 1 aliphatic heterocycles. The predicted octanol–water partition coefficient (Wildman–Crippen LogP) is 5.35. The molecule has 3 aromatic rings. The van der Waals surface area contributed by atoms with E-state index in [1.807, 2.05) is 12.1 Å². The number of aromatic carboxylic acids is 1. The lowest BCUT2D eigenvalue weighted by molar-refractivity contribution is 0.0691. The van der Waals surface area contributed by atoms with E-state index in [2.05, 4.69) is 0 Å². The standard InChI is InChI=1S/C21H16O7S/c1-24-29-15-8-5-13(6-9-15)27-17-3-2-4-18(20(17)21(22)23)28-14-7-10-16-19(11-14)26-12-25-16/h2-11H,12H2,1H3,(H,22,23). The van der Waals surface area contributed by atoms with Gasteiger partial charge in [-0.2, -0.15) is 0 Å². The Balaban J connectivity index is 1.61. The summed E-state index contributed by atoms with van der Waals surface area (Å²) in [7, 11) is 1.58. The average Bonchev–Trinajstić information content (AvgIpc) is 3.17. The first-order chi connectivity index (χ1) is 14.1. The molecular weight excluding hydrogens is 396 g/mol. The maximum absolute atomic E-state index is 11.9. The van der Waals surface area contributed by atoms with E-state index in [0.29, 0.717) is 23.0 Å². The van der Waals surface area contributed by atoms with Gasteiger partial charge in [-0.3, -0.25) is 0 Å². The van der Waals surface area contributed by atoms with Gasteiger partial charge in [-0.05, 0) is 48.5 Å². The molecule has 0 amide bonds. The van der Waals surface area contributed by atoms with Gasteiger partial charge >= 0.3 is 5.97 Å². The highest BCUT2D eigenvalue weighted by Crippen LogP contribution is 2.39. The van der Waals surface area contributed by atoms with E-state index in [4.69, 9.17) is 23.1 Å². The molecule has 7 nitrogen and oxygen atoms in total. The Hall–Kier alpha value is -3.36. The minimum absolute atomic E-state index is 0.0829. The zero-order chi connectivity index (χ0) is 20.2. The molecule has 0 fully saturated rings. The van der Waals surface area contributed by atoms with Crippen LogP contribution in [0.1, 0.15) is 10.4 Å². The minimum Gasteiger partial charge on any atom is -0.477 e. The van der Waals surface area contributed by atoms with Gasteiger partial charge in [0.1, 0.15) is 28.6 Å². The summed E-state index contributed by atoms with van der Waals surface area (Å²) in [5.74, 6) is 1.23. The van der Waals surface area contributed by atoms with Crippen molar-refractivity contribution >= 4 is 18.0 Å². The van der Waals surface area contributed by atoms with Gasteiger partial charge in [0.05, 0.1) is 7.11 Å². The van der Waals surface area contributed by atoms with Crippen LogP contribution in [0.15, 0.2) is 65.6 Å².